The van der Waals surface area contributed by atoms with Gasteiger partial charge in [-0.05, 0) is 43.2 Å². The maximum atomic E-state index is 13.4. The third-order valence-electron chi connectivity index (χ3n) is 4.58. The van der Waals surface area contributed by atoms with Crippen LogP contribution in [0.3, 0.4) is 0 Å². The van der Waals surface area contributed by atoms with Gasteiger partial charge < -0.3 is 4.90 Å². The SMILES string of the molecule is O=C(c1ccc(F)c(F)c1)N1CCC[C@@H](c2nnc3ccccn23)C1. The zero-order valence-corrected chi connectivity index (χ0v) is 13.4. The van der Waals surface area contributed by atoms with Gasteiger partial charge in [-0.2, -0.15) is 0 Å². The molecule has 3 aromatic rings. The van der Waals surface area contributed by atoms with E-state index in [9.17, 15) is 13.6 Å². The zero-order chi connectivity index (χ0) is 17.4. The van der Waals surface area contributed by atoms with Crippen LogP contribution < -0.4 is 0 Å². The molecule has 3 heterocycles. The largest absolute Gasteiger partial charge is 0.338 e. The van der Waals surface area contributed by atoms with Gasteiger partial charge in [0.2, 0.25) is 0 Å². The van der Waals surface area contributed by atoms with Gasteiger partial charge in [0.25, 0.3) is 5.91 Å². The summed E-state index contributed by atoms with van der Waals surface area (Å²) in [5.74, 6) is -1.39. The summed E-state index contributed by atoms with van der Waals surface area (Å²) in [5.41, 5.74) is 0.923. The van der Waals surface area contributed by atoms with Gasteiger partial charge in [0, 0.05) is 30.8 Å². The molecule has 4 rings (SSSR count). The highest BCUT2D eigenvalue weighted by atomic mass is 19.2. The van der Waals surface area contributed by atoms with Crippen molar-refractivity contribution in [2.24, 2.45) is 0 Å². The number of nitrogens with zero attached hydrogens (tertiary/aromatic N) is 4. The Hall–Kier alpha value is -2.83. The van der Waals surface area contributed by atoms with Crippen molar-refractivity contribution in [3.05, 3.63) is 65.6 Å². The average Bonchev–Trinajstić information content (AvgIpc) is 3.08. The molecule has 0 unspecified atom stereocenters. The van der Waals surface area contributed by atoms with Crippen LogP contribution in [0.25, 0.3) is 5.65 Å². The number of halogens is 2. The number of aromatic nitrogens is 3. The van der Waals surface area contributed by atoms with Gasteiger partial charge in [-0.25, -0.2) is 8.78 Å². The molecule has 1 aliphatic heterocycles. The summed E-state index contributed by atoms with van der Waals surface area (Å²) in [6.07, 6.45) is 3.62. The van der Waals surface area contributed by atoms with Crippen molar-refractivity contribution in [2.75, 3.05) is 13.1 Å². The molecule has 0 saturated carbocycles. The normalized spacial score (nSPS) is 17.8. The van der Waals surface area contributed by atoms with E-state index in [1.165, 1.54) is 6.07 Å². The number of amides is 1. The fourth-order valence-corrected chi connectivity index (χ4v) is 3.32. The fraction of sp³-hybridized carbons (Fsp3) is 0.278. The molecule has 0 N–H and O–H groups in total. The van der Waals surface area contributed by atoms with E-state index < -0.39 is 11.6 Å². The molecule has 2 aromatic heterocycles. The van der Waals surface area contributed by atoms with Crippen LogP contribution in [-0.4, -0.2) is 38.5 Å². The minimum absolute atomic E-state index is 0.0559. The molecule has 0 radical (unpaired) electrons. The molecule has 5 nitrogen and oxygen atoms in total. The van der Waals surface area contributed by atoms with E-state index in [4.69, 9.17) is 0 Å². The van der Waals surface area contributed by atoms with E-state index in [1.54, 1.807) is 4.90 Å². The summed E-state index contributed by atoms with van der Waals surface area (Å²) >= 11 is 0. The second-order valence-electron chi connectivity index (χ2n) is 6.21. The molecule has 1 saturated heterocycles. The molecule has 128 valence electrons. The lowest BCUT2D eigenvalue weighted by Gasteiger charge is -2.32. The molecule has 1 atom stereocenters. The van der Waals surface area contributed by atoms with Crippen LogP contribution in [0.15, 0.2) is 42.6 Å². The fourth-order valence-electron chi connectivity index (χ4n) is 3.32. The Labute approximate surface area is 142 Å². The smallest absolute Gasteiger partial charge is 0.253 e. The van der Waals surface area contributed by atoms with E-state index in [1.807, 2.05) is 28.8 Å². The molecule has 1 aliphatic rings. The van der Waals surface area contributed by atoms with Crippen molar-refractivity contribution in [3.63, 3.8) is 0 Å². The minimum Gasteiger partial charge on any atom is -0.338 e. The van der Waals surface area contributed by atoms with Gasteiger partial charge in [-0.15, -0.1) is 10.2 Å². The zero-order valence-electron chi connectivity index (χ0n) is 13.4. The highest BCUT2D eigenvalue weighted by Crippen LogP contribution is 2.27. The number of carbonyl (C=O) groups is 1. The second kappa shape index (κ2) is 6.23. The summed E-state index contributed by atoms with van der Waals surface area (Å²) in [6.45, 7) is 1.07. The van der Waals surface area contributed by atoms with E-state index in [-0.39, 0.29) is 17.4 Å². The summed E-state index contributed by atoms with van der Waals surface area (Å²) in [7, 11) is 0. The van der Waals surface area contributed by atoms with Crippen LogP contribution >= 0.6 is 0 Å². The predicted molar refractivity (Wildman–Crippen MR) is 87.2 cm³/mol. The lowest BCUT2D eigenvalue weighted by molar-refractivity contribution is 0.0703. The number of hydrogen-bond acceptors (Lipinski definition) is 3. The van der Waals surface area contributed by atoms with Gasteiger partial charge in [0.05, 0.1) is 0 Å². The molecule has 25 heavy (non-hydrogen) atoms. The Balaban J connectivity index is 1.58. The van der Waals surface area contributed by atoms with Crippen LogP contribution in [0.1, 0.15) is 34.9 Å². The lowest BCUT2D eigenvalue weighted by atomic mass is 9.96. The number of likely N-dealkylation sites (tertiary alicyclic amines) is 1. The number of benzene rings is 1. The molecule has 1 aromatic carbocycles. The molecule has 1 fully saturated rings. The molecule has 0 aliphatic carbocycles. The van der Waals surface area contributed by atoms with Crippen molar-refractivity contribution in [1.29, 1.82) is 0 Å². The van der Waals surface area contributed by atoms with Gasteiger partial charge in [0.1, 0.15) is 5.82 Å². The number of fused-ring (bicyclic) bond motifs is 1. The standard InChI is InChI=1S/C18H16F2N4O/c19-14-7-6-12(10-15(14)20)18(25)23-8-3-4-13(11-23)17-22-21-16-5-1-2-9-24(16)17/h1-2,5-7,9-10,13H,3-4,8,11H2/t13-/m1/s1. The molecule has 1 amide bonds. The molecular weight excluding hydrogens is 326 g/mol. The van der Waals surface area contributed by atoms with Crippen LogP contribution in [0, 0.1) is 11.6 Å². The first kappa shape index (κ1) is 15.7. The first-order valence-electron chi connectivity index (χ1n) is 8.17. The summed E-state index contributed by atoms with van der Waals surface area (Å²) in [6, 6.07) is 8.94. The predicted octanol–water partition coefficient (Wildman–Crippen LogP) is 3.03. The van der Waals surface area contributed by atoms with Crippen LogP contribution in [0.2, 0.25) is 0 Å². The van der Waals surface area contributed by atoms with E-state index >= 15 is 0 Å². The summed E-state index contributed by atoms with van der Waals surface area (Å²) < 4.78 is 28.4. The Morgan fingerprint density at radius 2 is 2.00 bits per heavy atom. The topological polar surface area (TPSA) is 50.5 Å². The molecule has 0 bridgehead atoms. The number of rotatable bonds is 2. The van der Waals surface area contributed by atoms with Gasteiger partial charge in [-0.1, -0.05) is 6.07 Å². The molecular formula is C18H16F2N4O. The molecule has 7 heteroatoms. The first-order valence-corrected chi connectivity index (χ1v) is 8.17. The van der Waals surface area contributed by atoms with Crippen molar-refractivity contribution in [2.45, 2.75) is 18.8 Å². The first-order chi connectivity index (χ1) is 12.1. The average molecular weight is 342 g/mol. The van der Waals surface area contributed by atoms with Crippen molar-refractivity contribution in [3.8, 4) is 0 Å². The third kappa shape index (κ3) is 2.86. The minimum atomic E-state index is -1.01. The Kier molecular flexibility index (Phi) is 3.91. The van der Waals surface area contributed by atoms with Gasteiger partial charge >= 0.3 is 0 Å². The van der Waals surface area contributed by atoms with Crippen LogP contribution in [0.4, 0.5) is 8.78 Å². The number of carbonyl (C=O) groups excluding carboxylic acids is 1. The monoisotopic (exact) mass is 342 g/mol. The van der Waals surface area contributed by atoms with Crippen LogP contribution in [-0.2, 0) is 0 Å². The maximum absolute atomic E-state index is 13.4. The van der Waals surface area contributed by atoms with Gasteiger partial charge in [-0.3, -0.25) is 9.20 Å². The second-order valence-corrected chi connectivity index (χ2v) is 6.21. The summed E-state index contributed by atoms with van der Waals surface area (Å²) in [5, 5.41) is 8.44. The quantitative estimate of drug-likeness (QED) is 0.719. The number of piperidine rings is 1. The van der Waals surface area contributed by atoms with Crippen LogP contribution in [0.5, 0.6) is 0 Å². The van der Waals surface area contributed by atoms with E-state index in [0.717, 1.165) is 36.4 Å². The maximum Gasteiger partial charge on any atom is 0.253 e. The van der Waals surface area contributed by atoms with Gasteiger partial charge in [0.15, 0.2) is 17.3 Å². The highest BCUT2D eigenvalue weighted by molar-refractivity contribution is 5.94. The van der Waals surface area contributed by atoms with E-state index in [0.29, 0.717) is 13.1 Å². The highest BCUT2D eigenvalue weighted by Gasteiger charge is 2.28. The van der Waals surface area contributed by atoms with E-state index in [2.05, 4.69) is 10.2 Å². The van der Waals surface area contributed by atoms with Crippen molar-refractivity contribution in [1.82, 2.24) is 19.5 Å². The third-order valence-corrected chi connectivity index (χ3v) is 4.58. The lowest BCUT2D eigenvalue weighted by Crippen LogP contribution is -2.39. The van der Waals surface area contributed by atoms with Crippen molar-refractivity contribution < 1.29 is 13.6 Å². The number of pyridine rings is 1. The summed E-state index contributed by atoms with van der Waals surface area (Å²) in [4.78, 5) is 14.3. The Morgan fingerprint density at radius 3 is 2.84 bits per heavy atom. The Morgan fingerprint density at radius 1 is 1.12 bits per heavy atom. The van der Waals surface area contributed by atoms with Crippen molar-refractivity contribution >= 4 is 11.6 Å². The molecule has 0 spiro atoms. The Bertz CT molecular complexity index is 940. The number of hydrogen-bond donors (Lipinski definition) is 0.